The number of hydrogen-bond donors (Lipinski definition) is 0. The largest absolute Gasteiger partial charge is 0.339 e. The van der Waals surface area contributed by atoms with Crippen molar-refractivity contribution in [2.75, 3.05) is 14.1 Å². The van der Waals surface area contributed by atoms with Crippen molar-refractivity contribution >= 4 is 40.4 Å². The SMILES string of the molecule is CC1=NN(C(=O)Cl)C(C=S)N1N(C)C. The van der Waals surface area contributed by atoms with Gasteiger partial charge in [0.25, 0.3) is 0 Å². The number of carbonyl (C=O) groups is 1. The van der Waals surface area contributed by atoms with Crippen LogP contribution in [0.4, 0.5) is 4.79 Å². The lowest BCUT2D eigenvalue weighted by atomic mass is 10.5. The van der Waals surface area contributed by atoms with Crippen LogP contribution in [0.1, 0.15) is 6.92 Å². The molecule has 0 fully saturated rings. The summed E-state index contributed by atoms with van der Waals surface area (Å²) in [6.07, 6.45) is -0.412. The number of thiocarbonyl (C=S) groups is 1. The van der Waals surface area contributed by atoms with Gasteiger partial charge in [-0.3, -0.25) is 9.80 Å². The molecule has 5 nitrogen and oxygen atoms in total. The standard InChI is InChI=1S/C7H11ClN4OS/c1-5-9-11(7(8)13)6(4-14)12(5)10(2)3/h4,6H,1-3H3. The van der Waals surface area contributed by atoms with Crippen molar-refractivity contribution in [3.63, 3.8) is 0 Å². The summed E-state index contributed by atoms with van der Waals surface area (Å²) >= 11 is 10.2. The summed E-state index contributed by atoms with van der Waals surface area (Å²) in [7, 11) is 3.68. The van der Waals surface area contributed by atoms with E-state index in [4.69, 9.17) is 23.8 Å². The molecule has 0 saturated heterocycles. The maximum atomic E-state index is 11.0. The fourth-order valence-electron chi connectivity index (χ4n) is 1.34. The quantitative estimate of drug-likeness (QED) is 0.408. The Balaban J connectivity index is 2.96. The number of amides is 1. The number of nitrogens with zero attached hydrogens (tertiary/aromatic N) is 4. The molecule has 1 amide bonds. The Morgan fingerprint density at radius 3 is 2.64 bits per heavy atom. The average molecular weight is 235 g/mol. The molecule has 0 aromatic heterocycles. The van der Waals surface area contributed by atoms with Gasteiger partial charge in [-0.1, -0.05) is 12.2 Å². The maximum Gasteiger partial charge on any atom is 0.339 e. The van der Waals surface area contributed by atoms with E-state index in [-0.39, 0.29) is 0 Å². The van der Waals surface area contributed by atoms with Crippen LogP contribution in [0.5, 0.6) is 0 Å². The molecule has 14 heavy (non-hydrogen) atoms. The second-order valence-corrected chi connectivity index (χ2v) is 3.58. The van der Waals surface area contributed by atoms with Crippen molar-refractivity contribution in [3.8, 4) is 0 Å². The first-order valence-electron chi connectivity index (χ1n) is 3.94. The molecule has 0 N–H and O–H groups in total. The minimum absolute atomic E-state index is 0.412. The summed E-state index contributed by atoms with van der Waals surface area (Å²) < 4.78 is 0. The zero-order valence-corrected chi connectivity index (χ0v) is 9.71. The first-order chi connectivity index (χ1) is 6.49. The van der Waals surface area contributed by atoms with Crippen molar-refractivity contribution in [1.82, 2.24) is 15.0 Å². The molecular formula is C7H11ClN4OS. The first kappa shape index (κ1) is 11.4. The molecule has 0 aliphatic carbocycles. The van der Waals surface area contributed by atoms with Gasteiger partial charge in [-0.25, -0.2) is 5.01 Å². The van der Waals surface area contributed by atoms with Crippen molar-refractivity contribution in [1.29, 1.82) is 0 Å². The average Bonchev–Trinajstić information content (AvgIpc) is 2.41. The van der Waals surface area contributed by atoms with Crippen LogP contribution < -0.4 is 0 Å². The van der Waals surface area contributed by atoms with Gasteiger partial charge in [0.1, 0.15) is 5.84 Å². The summed E-state index contributed by atoms with van der Waals surface area (Å²) in [6, 6.07) is 0. The highest BCUT2D eigenvalue weighted by Gasteiger charge is 2.35. The van der Waals surface area contributed by atoms with Gasteiger partial charge in [0.15, 0.2) is 6.17 Å². The Morgan fingerprint density at radius 1 is 1.71 bits per heavy atom. The number of hydrazone groups is 1. The fourth-order valence-corrected chi connectivity index (χ4v) is 1.71. The second kappa shape index (κ2) is 4.20. The van der Waals surface area contributed by atoms with Crippen molar-refractivity contribution in [2.45, 2.75) is 13.1 Å². The van der Waals surface area contributed by atoms with Crippen molar-refractivity contribution in [3.05, 3.63) is 0 Å². The zero-order chi connectivity index (χ0) is 10.9. The van der Waals surface area contributed by atoms with E-state index in [0.29, 0.717) is 5.84 Å². The van der Waals surface area contributed by atoms with E-state index in [0.717, 1.165) is 5.01 Å². The van der Waals surface area contributed by atoms with Crippen molar-refractivity contribution in [2.24, 2.45) is 5.10 Å². The zero-order valence-electron chi connectivity index (χ0n) is 8.14. The third kappa shape index (κ3) is 1.87. The third-order valence-electron chi connectivity index (χ3n) is 1.82. The molecule has 1 aliphatic rings. The minimum atomic E-state index is -0.639. The van der Waals surface area contributed by atoms with Crippen LogP contribution in [0, 0.1) is 0 Å². The summed E-state index contributed by atoms with van der Waals surface area (Å²) in [5.74, 6) is 0.676. The van der Waals surface area contributed by atoms with E-state index >= 15 is 0 Å². The highest BCUT2D eigenvalue weighted by Crippen LogP contribution is 2.18. The Kier molecular flexibility index (Phi) is 3.41. The lowest BCUT2D eigenvalue weighted by Crippen LogP contribution is -2.49. The molecule has 0 aromatic carbocycles. The number of halogens is 1. The van der Waals surface area contributed by atoms with E-state index < -0.39 is 11.5 Å². The summed E-state index contributed by atoms with van der Waals surface area (Å²) in [6.45, 7) is 1.78. The van der Waals surface area contributed by atoms with Crippen molar-refractivity contribution < 1.29 is 4.79 Å². The highest BCUT2D eigenvalue weighted by molar-refractivity contribution is 7.79. The topological polar surface area (TPSA) is 39.2 Å². The van der Waals surface area contributed by atoms with E-state index in [1.807, 2.05) is 14.1 Å². The fraction of sp³-hybridized carbons (Fsp3) is 0.571. The number of hydrogen-bond acceptors (Lipinski definition) is 5. The Bertz CT molecular complexity index is 293. The lowest BCUT2D eigenvalue weighted by molar-refractivity contribution is 0.0598. The Morgan fingerprint density at radius 2 is 2.29 bits per heavy atom. The van der Waals surface area contributed by atoms with Crippen LogP contribution in [0.25, 0.3) is 0 Å². The minimum Gasteiger partial charge on any atom is -0.263 e. The summed E-state index contributed by atoms with van der Waals surface area (Å²) in [5, 5.41) is 9.52. The van der Waals surface area contributed by atoms with Gasteiger partial charge >= 0.3 is 5.37 Å². The predicted octanol–water partition coefficient (Wildman–Crippen LogP) is 1.10. The van der Waals surface area contributed by atoms with Crippen LogP contribution >= 0.6 is 23.8 Å². The number of carbonyl (C=O) groups excluding carboxylic acids is 1. The first-order valence-corrected chi connectivity index (χ1v) is 4.79. The van der Waals surface area contributed by atoms with E-state index in [2.05, 4.69) is 5.10 Å². The summed E-state index contributed by atoms with van der Waals surface area (Å²) in [4.78, 5) is 11.0. The normalized spacial score (nSPS) is 21.5. The van der Waals surface area contributed by atoms with Gasteiger partial charge in [0, 0.05) is 19.5 Å². The smallest absolute Gasteiger partial charge is 0.263 e. The van der Waals surface area contributed by atoms with Crippen LogP contribution in [0.15, 0.2) is 5.10 Å². The molecule has 0 aromatic rings. The number of hydrazine groups is 1. The van der Waals surface area contributed by atoms with Crippen LogP contribution in [0.3, 0.4) is 0 Å². The van der Waals surface area contributed by atoms with E-state index in [9.17, 15) is 4.79 Å². The van der Waals surface area contributed by atoms with Crippen LogP contribution in [-0.4, -0.2) is 51.9 Å². The lowest BCUT2D eigenvalue weighted by Gasteiger charge is -2.31. The molecule has 7 heteroatoms. The summed E-state index contributed by atoms with van der Waals surface area (Å²) in [5.41, 5.74) is 0. The number of amidine groups is 1. The van der Waals surface area contributed by atoms with Gasteiger partial charge in [-0.05, 0) is 18.5 Å². The van der Waals surface area contributed by atoms with Crippen LogP contribution in [0.2, 0.25) is 0 Å². The molecule has 78 valence electrons. The van der Waals surface area contributed by atoms with E-state index in [1.165, 1.54) is 5.37 Å². The molecule has 0 radical (unpaired) electrons. The van der Waals surface area contributed by atoms with Gasteiger partial charge in [0.05, 0.1) is 0 Å². The third-order valence-corrected chi connectivity index (χ3v) is 2.23. The molecule has 1 aliphatic heterocycles. The Hall–Kier alpha value is -0.720. The second-order valence-electron chi connectivity index (χ2n) is 2.99. The van der Waals surface area contributed by atoms with Gasteiger partial charge in [0.2, 0.25) is 0 Å². The van der Waals surface area contributed by atoms with Gasteiger partial charge < -0.3 is 0 Å². The molecule has 0 saturated carbocycles. The molecular weight excluding hydrogens is 224 g/mol. The maximum absolute atomic E-state index is 11.0. The molecule has 1 unspecified atom stereocenters. The molecule has 1 atom stereocenters. The number of rotatable bonds is 2. The Labute approximate surface area is 92.9 Å². The predicted molar refractivity (Wildman–Crippen MR) is 59.2 cm³/mol. The monoisotopic (exact) mass is 234 g/mol. The van der Waals surface area contributed by atoms with Crippen LogP contribution in [-0.2, 0) is 0 Å². The molecule has 1 heterocycles. The van der Waals surface area contributed by atoms with E-state index in [1.54, 1.807) is 16.9 Å². The van der Waals surface area contributed by atoms with Gasteiger partial charge in [-0.2, -0.15) is 10.1 Å². The molecule has 1 rings (SSSR count). The highest BCUT2D eigenvalue weighted by atomic mass is 35.5. The molecule has 0 bridgehead atoms. The van der Waals surface area contributed by atoms with Gasteiger partial charge in [-0.15, -0.1) is 0 Å². The molecule has 0 spiro atoms.